The molecule has 0 saturated carbocycles. The van der Waals surface area contributed by atoms with Crippen LogP contribution < -0.4 is 0 Å². The van der Waals surface area contributed by atoms with E-state index in [4.69, 9.17) is 28.5 Å². The number of nitrogens with zero attached hydrogens (tertiary/aromatic N) is 2. The Hall–Kier alpha value is -1.51. The van der Waals surface area contributed by atoms with Crippen LogP contribution in [0, 0.1) is 0 Å². The van der Waals surface area contributed by atoms with Crippen LogP contribution in [0.2, 0.25) is 0 Å². The summed E-state index contributed by atoms with van der Waals surface area (Å²) in [5.41, 5.74) is 0. The van der Waals surface area contributed by atoms with Crippen LogP contribution in [0.3, 0.4) is 0 Å². The third kappa shape index (κ3) is 2.09. The van der Waals surface area contributed by atoms with Crippen LogP contribution in [0.5, 0.6) is 0 Å². The summed E-state index contributed by atoms with van der Waals surface area (Å²) in [5.74, 6) is 0.661. The molecular weight excluding hydrogens is 244 g/mol. The molecule has 0 aliphatic carbocycles. The second-order valence-corrected chi connectivity index (χ2v) is 3.10. The van der Waals surface area contributed by atoms with Gasteiger partial charge >= 0.3 is 6.03 Å². The SMILES string of the molecule is COC1=NC(OC)(OC)N(OC)C(OC)=C1OC. The van der Waals surface area contributed by atoms with Gasteiger partial charge in [-0.3, -0.25) is 4.84 Å². The van der Waals surface area contributed by atoms with Crippen LogP contribution in [0.25, 0.3) is 0 Å². The van der Waals surface area contributed by atoms with Gasteiger partial charge in [-0.15, -0.1) is 5.06 Å². The summed E-state index contributed by atoms with van der Waals surface area (Å²) in [4.78, 5) is 9.33. The van der Waals surface area contributed by atoms with E-state index in [1.54, 1.807) is 0 Å². The summed E-state index contributed by atoms with van der Waals surface area (Å²) in [6.45, 7) is 0. The maximum Gasteiger partial charge on any atom is 0.389 e. The first-order chi connectivity index (χ1) is 8.63. The molecule has 0 aromatic heterocycles. The Kier molecular flexibility index (Phi) is 4.76. The third-order valence-electron chi connectivity index (χ3n) is 2.38. The Morgan fingerprint density at radius 1 is 0.889 bits per heavy atom. The van der Waals surface area contributed by atoms with Gasteiger partial charge in [-0.1, -0.05) is 0 Å². The summed E-state index contributed by atoms with van der Waals surface area (Å²) in [7, 11) is 8.61. The topological polar surface area (TPSA) is 71.0 Å². The van der Waals surface area contributed by atoms with Gasteiger partial charge in [-0.2, -0.15) is 4.99 Å². The number of hydroxylamine groups is 2. The standard InChI is InChI=1S/C10H18N2O6/c1-13-7-8(14-2)11-10(16-4,17-5)12(18-6)9(7)15-3/h1-6H3. The van der Waals surface area contributed by atoms with Crippen LogP contribution in [0.15, 0.2) is 16.6 Å². The Balaban J connectivity index is 3.37. The molecule has 0 aromatic carbocycles. The molecule has 1 heterocycles. The summed E-state index contributed by atoms with van der Waals surface area (Å²) in [6.07, 6.45) is 0. The normalized spacial score (nSPS) is 18.6. The smallest absolute Gasteiger partial charge is 0.389 e. The molecular formula is C10H18N2O6. The van der Waals surface area contributed by atoms with E-state index in [1.165, 1.54) is 47.7 Å². The van der Waals surface area contributed by atoms with Crippen molar-refractivity contribution in [2.24, 2.45) is 4.99 Å². The fourth-order valence-electron chi connectivity index (χ4n) is 1.56. The maximum absolute atomic E-state index is 5.23. The zero-order valence-electron chi connectivity index (χ0n) is 11.3. The molecule has 0 radical (unpaired) electrons. The highest BCUT2D eigenvalue weighted by Crippen LogP contribution is 2.32. The lowest BCUT2D eigenvalue weighted by atomic mass is 10.4. The molecule has 1 rings (SSSR count). The van der Waals surface area contributed by atoms with Crippen molar-refractivity contribution in [3.05, 3.63) is 11.6 Å². The van der Waals surface area contributed by atoms with Crippen molar-refractivity contribution in [3.63, 3.8) is 0 Å². The molecule has 0 saturated heterocycles. The molecule has 18 heavy (non-hydrogen) atoms. The van der Waals surface area contributed by atoms with E-state index < -0.39 is 6.03 Å². The minimum Gasteiger partial charge on any atom is -0.487 e. The van der Waals surface area contributed by atoms with Crippen LogP contribution in [-0.4, -0.2) is 59.7 Å². The predicted molar refractivity (Wildman–Crippen MR) is 61.1 cm³/mol. The molecule has 0 fully saturated rings. The van der Waals surface area contributed by atoms with Crippen molar-refractivity contribution >= 4 is 5.90 Å². The zero-order chi connectivity index (χ0) is 13.8. The summed E-state index contributed by atoms with van der Waals surface area (Å²) in [6, 6.07) is -1.53. The van der Waals surface area contributed by atoms with E-state index in [2.05, 4.69) is 4.99 Å². The molecule has 0 bridgehead atoms. The number of hydrogen-bond donors (Lipinski definition) is 0. The molecule has 8 heteroatoms. The zero-order valence-corrected chi connectivity index (χ0v) is 11.3. The third-order valence-corrected chi connectivity index (χ3v) is 2.38. The molecule has 0 aromatic rings. The van der Waals surface area contributed by atoms with Crippen molar-refractivity contribution in [1.29, 1.82) is 0 Å². The Labute approximate surface area is 106 Å². The van der Waals surface area contributed by atoms with Crippen molar-refractivity contribution in [2.45, 2.75) is 6.03 Å². The van der Waals surface area contributed by atoms with Gasteiger partial charge in [-0.05, 0) is 0 Å². The van der Waals surface area contributed by atoms with E-state index >= 15 is 0 Å². The van der Waals surface area contributed by atoms with Gasteiger partial charge in [0, 0.05) is 14.2 Å². The minimum absolute atomic E-state index is 0.173. The molecule has 0 atom stereocenters. The summed E-state index contributed by atoms with van der Waals surface area (Å²) >= 11 is 0. The fourth-order valence-corrected chi connectivity index (χ4v) is 1.56. The van der Waals surface area contributed by atoms with Crippen LogP contribution in [0.4, 0.5) is 0 Å². The van der Waals surface area contributed by atoms with Crippen LogP contribution in [0.1, 0.15) is 0 Å². The summed E-state index contributed by atoms with van der Waals surface area (Å²) < 4.78 is 26.0. The highest BCUT2D eigenvalue weighted by molar-refractivity contribution is 5.92. The van der Waals surface area contributed by atoms with Gasteiger partial charge in [0.2, 0.25) is 5.76 Å². The second-order valence-electron chi connectivity index (χ2n) is 3.10. The summed E-state index contributed by atoms with van der Waals surface area (Å²) in [5, 5.41) is 1.19. The molecule has 8 nitrogen and oxygen atoms in total. The van der Waals surface area contributed by atoms with Gasteiger partial charge in [0.1, 0.15) is 0 Å². The number of hydrogen-bond acceptors (Lipinski definition) is 8. The van der Waals surface area contributed by atoms with Crippen molar-refractivity contribution in [3.8, 4) is 0 Å². The first-order valence-electron chi connectivity index (χ1n) is 5.05. The van der Waals surface area contributed by atoms with E-state index in [1.807, 2.05) is 0 Å². The van der Waals surface area contributed by atoms with E-state index in [-0.39, 0.29) is 17.5 Å². The highest BCUT2D eigenvalue weighted by Gasteiger charge is 2.48. The Morgan fingerprint density at radius 3 is 1.83 bits per heavy atom. The van der Waals surface area contributed by atoms with Crippen molar-refractivity contribution < 1.29 is 28.5 Å². The number of methoxy groups -OCH3 is 5. The predicted octanol–water partition coefficient (Wildman–Crippen LogP) is 0.274. The first kappa shape index (κ1) is 14.6. The number of aliphatic imine (C=N–C) groups is 1. The van der Waals surface area contributed by atoms with Crippen LogP contribution in [-0.2, 0) is 28.5 Å². The average molecular weight is 262 g/mol. The average Bonchev–Trinajstić information content (AvgIpc) is 2.44. The number of rotatable bonds is 5. The molecule has 0 N–H and O–H groups in total. The van der Waals surface area contributed by atoms with E-state index in [9.17, 15) is 0 Å². The van der Waals surface area contributed by atoms with Gasteiger partial charge in [0.05, 0.1) is 28.4 Å². The lowest BCUT2D eigenvalue weighted by Crippen LogP contribution is -2.53. The van der Waals surface area contributed by atoms with E-state index in [0.717, 1.165) is 0 Å². The lowest BCUT2D eigenvalue weighted by molar-refractivity contribution is -0.383. The Morgan fingerprint density at radius 2 is 1.50 bits per heavy atom. The van der Waals surface area contributed by atoms with Gasteiger partial charge in [0.15, 0.2) is 0 Å². The monoisotopic (exact) mass is 262 g/mol. The van der Waals surface area contributed by atoms with Crippen LogP contribution >= 0.6 is 0 Å². The maximum atomic E-state index is 5.23. The van der Waals surface area contributed by atoms with Gasteiger partial charge < -0.3 is 23.7 Å². The second kappa shape index (κ2) is 5.89. The van der Waals surface area contributed by atoms with Crippen molar-refractivity contribution in [1.82, 2.24) is 5.06 Å². The lowest BCUT2D eigenvalue weighted by Gasteiger charge is -2.39. The largest absolute Gasteiger partial charge is 0.487 e. The fraction of sp³-hybridized carbons (Fsp3) is 0.700. The van der Waals surface area contributed by atoms with Gasteiger partial charge in [-0.25, -0.2) is 0 Å². The minimum atomic E-state index is -1.53. The van der Waals surface area contributed by atoms with Gasteiger partial charge in [0.25, 0.3) is 11.8 Å². The van der Waals surface area contributed by atoms with E-state index in [0.29, 0.717) is 0 Å². The molecule has 1 aliphatic heterocycles. The first-order valence-corrected chi connectivity index (χ1v) is 5.05. The molecule has 0 spiro atoms. The number of ether oxygens (including phenoxy) is 5. The van der Waals surface area contributed by atoms with Crippen molar-refractivity contribution in [2.75, 3.05) is 42.7 Å². The Bertz CT molecular complexity index is 350. The molecule has 0 amide bonds. The molecule has 1 aliphatic rings. The molecule has 104 valence electrons. The quantitative estimate of drug-likeness (QED) is 0.659. The molecule has 0 unspecified atom stereocenters. The highest BCUT2D eigenvalue weighted by atomic mass is 16.8.